The van der Waals surface area contributed by atoms with Gasteiger partial charge in [0.2, 0.25) is 0 Å². The van der Waals surface area contributed by atoms with Crippen molar-refractivity contribution in [1.29, 1.82) is 5.26 Å². The second-order valence-corrected chi connectivity index (χ2v) is 6.10. The number of hydrogen-bond donors (Lipinski definition) is 0. The molecule has 3 aromatic rings. The lowest BCUT2D eigenvalue weighted by Crippen LogP contribution is -2.31. The Morgan fingerprint density at radius 2 is 2.04 bits per heavy atom. The Morgan fingerprint density at radius 3 is 2.62 bits per heavy atom. The maximum absolute atomic E-state index is 12.8. The number of carbonyl (C=O) groups is 1. The molecule has 0 aliphatic carbocycles. The fourth-order valence-corrected chi connectivity index (χ4v) is 2.85. The van der Waals surface area contributed by atoms with Gasteiger partial charge in [-0.1, -0.05) is 0 Å². The maximum atomic E-state index is 12.8. The molecule has 0 aliphatic heterocycles. The summed E-state index contributed by atoms with van der Waals surface area (Å²) in [5, 5.41) is 13.3. The summed E-state index contributed by atoms with van der Waals surface area (Å²) in [6, 6.07) is 15.0. The van der Waals surface area contributed by atoms with Gasteiger partial charge in [-0.3, -0.25) is 4.79 Å². The topological polar surface area (TPSA) is 75.1 Å². The van der Waals surface area contributed by atoms with E-state index in [0.29, 0.717) is 24.4 Å². The van der Waals surface area contributed by atoms with Crippen LogP contribution in [0.4, 0.5) is 0 Å². The molecule has 0 radical (unpaired) electrons. The average molecular weight is 348 g/mol. The number of benzene rings is 1. The van der Waals surface area contributed by atoms with E-state index in [1.165, 1.54) is 0 Å². The molecule has 26 heavy (non-hydrogen) atoms. The van der Waals surface area contributed by atoms with Crippen LogP contribution >= 0.6 is 0 Å². The summed E-state index contributed by atoms with van der Waals surface area (Å²) in [5.74, 6) is 0.562. The molecule has 0 saturated carbocycles. The van der Waals surface area contributed by atoms with Gasteiger partial charge in [-0.2, -0.15) is 10.4 Å². The minimum atomic E-state index is -0.128. The molecular formula is C20H20N4O2. The van der Waals surface area contributed by atoms with Gasteiger partial charge in [0.05, 0.1) is 36.7 Å². The van der Waals surface area contributed by atoms with E-state index in [-0.39, 0.29) is 12.3 Å². The van der Waals surface area contributed by atoms with Gasteiger partial charge < -0.3 is 9.32 Å². The Balaban J connectivity index is 1.80. The smallest absolute Gasteiger partial charge is 0.254 e. The largest absolute Gasteiger partial charge is 0.467 e. The van der Waals surface area contributed by atoms with Gasteiger partial charge >= 0.3 is 0 Å². The Hall–Kier alpha value is -3.33. The van der Waals surface area contributed by atoms with Crippen molar-refractivity contribution in [3.05, 3.63) is 71.4 Å². The molecule has 0 spiro atoms. The fourth-order valence-electron chi connectivity index (χ4n) is 2.85. The van der Waals surface area contributed by atoms with Crippen molar-refractivity contribution in [2.75, 3.05) is 6.54 Å². The molecule has 0 atom stereocenters. The minimum absolute atomic E-state index is 0.128. The molecular weight excluding hydrogens is 328 g/mol. The van der Waals surface area contributed by atoms with Gasteiger partial charge in [0.1, 0.15) is 5.76 Å². The molecule has 0 saturated heterocycles. The highest BCUT2D eigenvalue weighted by atomic mass is 16.3. The Kier molecular flexibility index (Phi) is 5.18. The van der Waals surface area contributed by atoms with Crippen molar-refractivity contribution in [2.24, 2.45) is 0 Å². The van der Waals surface area contributed by atoms with Gasteiger partial charge in [0.15, 0.2) is 0 Å². The van der Waals surface area contributed by atoms with Crippen LogP contribution in [-0.4, -0.2) is 27.1 Å². The normalized spacial score (nSPS) is 10.5. The van der Waals surface area contributed by atoms with Crippen molar-refractivity contribution < 1.29 is 9.21 Å². The zero-order valence-electron chi connectivity index (χ0n) is 14.8. The van der Waals surface area contributed by atoms with Crippen molar-refractivity contribution in [3.63, 3.8) is 0 Å². The predicted octanol–water partition coefficient (Wildman–Crippen LogP) is 3.64. The predicted molar refractivity (Wildman–Crippen MR) is 96.7 cm³/mol. The molecule has 0 bridgehead atoms. The summed E-state index contributed by atoms with van der Waals surface area (Å²) in [4.78, 5) is 14.5. The highest BCUT2D eigenvalue weighted by Crippen LogP contribution is 2.16. The van der Waals surface area contributed by atoms with Crippen molar-refractivity contribution >= 4 is 5.91 Å². The zero-order valence-corrected chi connectivity index (χ0v) is 14.8. The zero-order chi connectivity index (χ0) is 18.5. The SMILES string of the molecule is Cc1cc(C)n(-c2ccc(C(=O)N(CCC#N)Cc3ccco3)cc2)n1. The third kappa shape index (κ3) is 3.83. The molecule has 1 amide bonds. The lowest BCUT2D eigenvalue weighted by Gasteiger charge is -2.20. The molecule has 0 aliphatic rings. The van der Waals surface area contributed by atoms with Crippen LogP contribution in [0.5, 0.6) is 0 Å². The molecule has 0 unspecified atom stereocenters. The van der Waals surface area contributed by atoms with E-state index in [0.717, 1.165) is 17.1 Å². The van der Waals surface area contributed by atoms with Crippen LogP contribution in [0.1, 0.15) is 33.9 Å². The van der Waals surface area contributed by atoms with E-state index in [1.807, 2.05) is 42.8 Å². The molecule has 0 N–H and O–H groups in total. The number of aryl methyl sites for hydroxylation is 2. The summed E-state index contributed by atoms with van der Waals surface area (Å²) in [6.07, 6.45) is 1.85. The van der Waals surface area contributed by atoms with Gasteiger partial charge in [-0.05, 0) is 56.3 Å². The second kappa shape index (κ2) is 7.70. The lowest BCUT2D eigenvalue weighted by molar-refractivity contribution is 0.0735. The number of amides is 1. The monoisotopic (exact) mass is 348 g/mol. The van der Waals surface area contributed by atoms with Crippen LogP contribution in [0.15, 0.2) is 53.1 Å². The first-order chi connectivity index (χ1) is 12.6. The molecule has 132 valence electrons. The molecule has 6 heteroatoms. The molecule has 6 nitrogen and oxygen atoms in total. The third-order valence-electron chi connectivity index (χ3n) is 4.08. The first-order valence-corrected chi connectivity index (χ1v) is 8.41. The standard InChI is InChI=1S/C20H20N4O2/c1-15-13-16(2)24(22-15)18-8-6-17(7-9-18)20(25)23(11-4-10-21)14-19-5-3-12-26-19/h3,5-9,12-13H,4,11,14H2,1-2H3. The van der Waals surface area contributed by atoms with Gasteiger partial charge in [0.25, 0.3) is 5.91 Å². The van der Waals surface area contributed by atoms with Crippen LogP contribution < -0.4 is 0 Å². The van der Waals surface area contributed by atoms with Crippen LogP contribution in [0, 0.1) is 25.2 Å². The van der Waals surface area contributed by atoms with Crippen LogP contribution in [0.3, 0.4) is 0 Å². The maximum Gasteiger partial charge on any atom is 0.254 e. The van der Waals surface area contributed by atoms with Gasteiger partial charge in [-0.25, -0.2) is 4.68 Å². The molecule has 0 fully saturated rings. The van der Waals surface area contributed by atoms with Crippen molar-refractivity contribution in [2.45, 2.75) is 26.8 Å². The number of rotatable bonds is 6. The van der Waals surface area contributed by atoms with Gasteiger partial charge in [0, 0.05) is 17.8 Å². The number of aromatic nitrogens is 2. The highest BCUT2D eigenvalue weighted by molar-refractivity contribution is 5.94. The minimum Gasteiger partial charge on any atom is -0.467 e. The second-order valence-electron chi connectivity index (χ2n) is 6.10. The lowest BCUT2D eigenvalue weighted by atomic mass is 10.1. The van der Waals surface area contributed by atoms with Crippen molar-refractivity contribution in [3.8, 4) is 11.8 Å². The van der Waals surface area contributed by atoms with E-state index in [1.54, 1.807) is 29.4 Å². The third-order valence-corrected chi connectivity index (χ3v) is 4.08. The fraction of sp³-hybridized carbons (Fsp3) is 0.250. The Morgan fingerprint density at radius 1 is 1.27 bits per heavy atom. The molecule has 2 heterocycles. The highest BCUT2D eigenvalue weighted by Gasteiger charge is 2.17. The van der Waals surface area contributed by atoms with E-state index < -0.39 is 0 Å². The van der Waals surface area contributed by atoms with Gasteiger partial charge in [-0.15, -0.1) is 0 Å². The van der Waals surface area contributed by atoms with Crippen LogP contribution in [0.2, 0.25) is 0 Å². The van der Waals surface area contributed by atoms with E-state index >= 15 is 0 Å². The molecule has 3 rings (SSSR count). The summed E-state index contributed by atoms with van der Waals surface area (Å²) in [6.45, 7) is 4.64. The van der Waals surface area contributed by atoms with Crippen LogP contribution in [0.25, 0.3) is 5.69 Å². The number of nitriles is 1. The van der Waals surface area contributed by atoms with E-state index in [9.17, 15) is 4.79 Å². The number of furan rings is 1. The van der Waals surface area contributed by atoms with E-state index in [2.05, 4.69) is 11.2 Å². The summed E-state index contributed by atoms with van der Waals surface area (Å²) in [7, 11) is 0. The average Bonchev–Trinajstić information content (AvgIpc) is 3.27. The number of hydrogen-bond acceptors (Lipinski definition) is 4. The summed E-state index contributed by atoms with van der Waals surface area (Å²) < 4.78 is 7.18. The number of nitrogens with zero attached hydrogens (tertiary/aromatic N) is 4. The Bertz CT molecular complexity index is 918. The summed E-state index contributed by atoms with van der Waals surface area (Å²) in [5.41, 5.74) is 3.46. The summed E-state index contributed by atoms with van der Waals surface area (Å²) >= 11 is 0. The Labute approximate surface area is 152 Å². The molecule has 1 aromatic carbocycles. The van der Waals surface area contributed by atoms with E-state index in [4.69, 9.17) is 9.68 Å². The first kappa shape index (κ1) is 17.5. The number of carbonyl (C=O) groups excluding carboxylic acids is 1. The molecule has 2 aromatic heterocycles. The van der Waals surface area contributed by atoms with Crippen LogP contribution in [-0.2, 0) is 6.54 Å². The van der Waals surface area contributed by atoms with Crippen molar-refractivity contribution in [1.82, 2.24) is 14.7 Å². The quantitative estimate of drug-likeness (QED) is 0.681. The first-order valence-electron chi connectivity index (χ1n) is 8.41.